The Morgan fingerprint density at radius 3 is 1.53 bits per heavy atom. The minimum atomic E-state index is -0.153. The fourth-order valence-corrected chi connectivity index (χ4v) is 12.9. The molecule has 0 atom stereocenters. The van der Waals surface area contributed by atoms with Crippen molar-refractivity contribution >= 4 is 50.0 Å². The maximum Gasteiger partial charge on any atom is 0.0468 e. The number of anilines is 5. The molecule has 0 aromatic heterocycles. The minimum absolute atomic E-state index is 0.0338. The van der Waals surface area contributed by atoms with Crippen LogP contribution in [0, 0.1) is 0 Å². The van der Waals surface area contributed by atoms with Crippen LogP contribution in [0.2, 0.25) is 0 Å². The summed E-state index contributed by atoms with van der Waals surface area (Å²) in [6, 6.07) is 58.2. The second-order valence-corrected chi connectivity index (χ2v) is 20.6. The highest BCUT2D eigenvalue weighted by Crippen LogP contribution is 2.57. The van der Waals surface area contributed by atoms with Crippen molar-refractivity contribution in [3.63, 3.8) is 0 Å². The zero-order valence-corrected chi connectivity index (χ0v) is 38.1. The van der Waals surface area contributed by atoms with Gasteiger partial charge in [0, 0.05) is 39.3 Å². The Balaban J connectivity index is 1.04. The van der Waals surface area contributed by atoms with Gasteiger partial charge in [-0.3, -0.25) is 0 Å². The van der Waals surface area contributed by atoms with Gasteiger partial charge in [-0.05, 0) is 187 Å². The number of rotatable bonds is 7. The van der Waals surface area contributed by atoms with E-state index in [2.05, 4.69) is 190 Å². The molecule has 64 heavy (non-hydrogen) atoms. The van der Waals surface area contributed by atoms with Crippen LogP contribution in [0.15, 0.2) is 152 Å². The summed E-state index contributed by atoms with van der Waals surface area (Å²) < 4.78 is 0. The molecule has 2 nitrogen and oxygen atoms in total. The molecule has 2 fully saturated rings. The van der Waals surface area contributed by atoms with E-state index in [0.717, 1.165) is 5.69 Å². The zero-order chi connectivity index (χ0) is 43.2. The van der Waals surface area contributed by atoms with Gasteiger partial charge in [0.2, 0.25) is 0 Å². The third-order valence-electron chi connectivity index (χ3n) is 16.2. The van der Waals surface area contributed by atoms with Gasteiger partial charge in [0.05, 0.1) is 0 Å². The molecule has 0 aliphatic heterocycles. The monoisotopic (exact) mass is 832 g/mol. The van der Waals surface area contributed by atoms with Gasteiger partial charge in [0.1, 0.15) is 0 Å². The molecular weight excluding hydrogens is 773 g/mol. The SMILES string of the molecule is CC1(C)c2ccccc2-c2cc3c(cc21)-c1ccc(N(c2ccccc2)c2ccc4c(C5CCCCC5)c5cc(Nc6ccccc6)ccc5c(C5CCCCC5)c4c2)cc1C3(C)C. The lowest BCUT2D eigenvalue weighted by Crippen LogP contribution is -2.17. The topological polar surface area (TPSA) is 15.3 Å². The van der Waals surface area contributed by atoms with Crippen molar-refractivity contribution in [2.45, 2.75) is 115 Å². The van der Waals surface area contributed by atoms with Crippen LogP contribution in [0.1, 0.15) is 137 Å². The van der Waals surface area contributed by atoms with Crippen LogP contribution in [0.5, 0.6) is 0 Å². The second kappa shape index (κ2) is 15.3. The Morgan fingerprint density at radius 2 is 0.875 bits per heavy atom. The summed E-state index contributed by atoms with van der Waals surface area (Å²) in [7, 11) is 0. The maximum atomic E-state index is 3.78. The van der Waals surface area contributed by atoms with E-state index in [9.17, 15) is 0 Å². The molecule has 4 aliphatic carbocycles. The van der Waals surface area contributed by atoms with Gasteiger partial charge in [-0.1, -0.05) is 145 Å². The first-order valence-corrected chi connectivity index (χ1v) is 24.4. The number of hydrogen-bond donors (Lipinski definition) is 1. The molecule has 318 valence electrons. The van der Waals surface area contributed by atoms with Crippen LogP contribution in [0.25, 0.3) is 43.8 Å². The van der Waals surface area contributed by atoms with Gasteiger partial charge in [0.25, 0.3) is 0 Å². The Labute approximate surface area is 380 Å². The van der Waals surface area contributed by atoms with E-state index < -0.39 is 0 Å². The first-order chi connectivity index (χ1) is 31.3. The Bertz CT molecular complexity index is 3090. The molecule has 0 radical (unpaired) electrons. The summed E-state index contributed by atoms with van der Waals surface area (Å²) in [5.41, 5.74) is 20.2. The molecule has 0 amide bonds. The molecule has 0 saturated heterocycles. The first kappa shape index (κ1) is 39.5. The summed E-state index contributed by atoms with van der Waals surface area (Å²) in [6.45, 7) is 9.68. The van der Waals surface area contributed by atoms with Crippen LogP contribution < -0.4 is 10.2 Å². The van der Waals surface area contributed by atoms with Gasteiger partial charge < -0.3 is 10.2 Å². The fourth-order valence-electron chi connectivity index (χ4n) is 12.9. The summed E-state index contributed by atoms with van der Waals surface area (Å²) in [4.78, 5) is 2.54. The molecule has 0 spiro atoms. The van der Waals surface area contributed by atoms with Crippen molar-refractivity contribution in [2.75, 3.05) is 10.2 Å². The smallest absolute Gasteiger partial charge is 0.0468 e. The molecule has 2 heteroatoms. The van der Waals surface area contributed by atoms with Gasteiger partial charge >= 0.3 is 0 Å². The third kappa shape index (κ3) is 6.27. The number of para-hydroxylation sites is 2. The molecule has 0 bridgehead atoms. The summed E-state index contributed by atoms with van der Waals surface area (Å²) in [5, 5.41) is 9.64. The van der Waals surface area contributed by atoms with Crippen molar-refractivity contribution in [1.82, 2.24) is 0 Å². The predicted molar refractivity (Wildman–Crippen MR) is 273 cm³/mol. The molecular formula is C62H60N2. The average molecular weight is 833 g/mol. The van der Waals surface area contributed by atoms with Gasteiger partial charge in [0.15, 0.2) is 0 Å². The van der Waals surface area contributed by atoms with E-state index in [1.165, 1.54) is 153 Å². The maximum absolute atomic E-state index is 3.78. The summed E-state index contributed by atoms with van der Waals surface area (Å²) in [6.07, 6.45) is 13.0. The molecule has 1 N–H and O–H groups in total. The largest absolute Gasteiger partial charge is 0.356 e. The van der Waals surface area contributed by atoms with E-state index in [-0.39, 0.29) is 10.8 Å². The third-order valence-corrected chi connectivity index (χ3v) is 16.2. The normalized spacial score (nSPS) is 17.5. The van der Waals surface area contributed by atoms with Crippen LogP contribution in [0.4, 0.5) is 28.4 Å². The molecule has 8 aromatic rings. The highest BCUT2D eigenvalue weighted by molar-refractivity contribution is 6.09. The number of nitrogens with one attached hydrogen (secondary N) is 1. The van der Waals surface area contributed by atoms with E-state index in [1.807, 2.05) is 0 Å². The van der Waals surface area contributed by atoms with Crippen molar-refractivity contribution in [1.29, 1.82) is 0 Å². The molecule has 0 heterocycles. The van der Waals surface area contributed by atoms with Crippen molar-refractivity contribution < 1.29 is 0 Å². The number of hydrogen-bond acceptors (Lipinski definition) is 2. The molecule has 2 saturated carbocycles. The summed E-state index contributed by atoms with van der Waals surface area (Å²) >= 11 is 0. The highest BCUT2D eigenvalue weighted by atomic mass is 15.1. The quantitative estimate of drug-likeness (QED) is 0.161. The van der Waals surface area contributed by atoms with Gasteiger partial charge in [-0.15, -0.1) is 0 Å². The fraction of sp³-hybridized carbons (Fsp3) is 0.290. The van der Waals surface area contributed by atoms with Crippen LogP contribution in [-0.2, 0) is 10.8 Å². The van der Waals surface area contributed by atoms with E-state index in [0.29, 0.717) is 11.8 Å². The minimum Gasteiger partial charge on any atom is -0.356 e. The van der Waals surface area contributed by atoms with E-state index in [4.69, 9.17) is 0 Å². The number of benzene rings is 8. The molecule has 0 unspecified atom stereocenters. The lowest BCUT2D eigenvalue weighted by Gasteiger charge is -2.32. The van der Waals surface area contributed by atoms with Gasteiger partial charge in [-0.25, -0.2) is 0 Å². The lowest BCUT2D eigenvalue weighted by molar-refractivity contribution is 0.445. The van der Waals surface area contributed by atoms with E-state index in [1.54, 1.807) is 11.1 Å². The Morgan fingerprint density at radius 1 is 0.375 bits per heavy atom. The molecule has 8 aromatic carbocycles. The van der Waals surface area contributed by atoms with E-state index >= 15 is 0 Å². The van der Waals surface area contributed by atoms with Crippen molar-refractivity contribution in [2.24, 2.45) is 0 Å². The van der Waals surface area contributed by atoms with Gasteiger partial charge in [-0.2, -0.15) is 0 Å². The average Bonchev–Trinajstić information content (AvgIpc) is 3.70. The predicted octanol–water partition coefficient (Wildman–Crippen LogP) is 17.9. The number of fused-ring (bicyclic) bond motifs is 8. The lowest BCUT2D eigenvalue weighted by atomic mass is 9.74. The Hall–Kier alpha value is -6.12. The Kier molecular flexibility index (Phi) is 9.41. The van der Waals surface area contributed by atoms with Crippen LogP contribution >= 0.6 is 0 Å². The molecule has 4 aliphatic rings. The van der Waals surface area contributed by atoms with Crippen molar-refractivity contribution in [3.05, 3.63) is 185 Å². The van der Waals surface area contributed by atoms with Crippen molar-refractivity contribution in [3.8, 4) is 22.3 Å². The first-order valence-electron chi connectivity index (χ1n) is 24.4. The molecule has 12 rings (SSSR count). The summed E-state index contributed by atoms with van der Waals surface area (Å²) in [5.74, 6) is 1.11. The standard InChI is InChI=1S/C62H60N2/c1-61(2)55-28-18-17-27-47(55)51-38-58-52(39-57(51)61)48-33-30-46(37-56(48)62(58,3)4)64(44-25-15-8-16-26-44)45-31-34-50-54(36-45)60(41-21-11-6-12-22-41)49-32-29-43(63-42-23-13-7-14-24-42)35-53(49)59(50)40-19-9-5-10-20-40/h7-8,13-18,23-41,63H,5-6,9-12,19-22H2,1-4H3. The van der Waals surface area contributed by atoms with Crippen LogP contribution in [-0.4, -0.2) is 0 Å². The van der Waals surface area contributed by atoms with Crippen LogP contribution in [0.3, 0.4) is 0 Å². The second-order valence-electron chi connectivity index (χ2n) is 20.6. The zero-order valence-electron chi connectivity index (χ0n) is 38.1. The highest BCUT2D eigenvalue weighted by Gasteiger charge is 2.42. The number of nitrogens with zero attached hydrogens (tertiary/aromatic N) is 1.